The SMILES string of the molecule is CC(C)(CO)CO.CCC(CC)(CO)CO.[CH2-]C([CH2-])(C)C.[CH2-]C([CH2-])(CC)CC.[O]=[Ti+2].[O]=[Ti+2]. The summed E-state index contributed by atoms with van der Waals surface area (Å²) in [5, 5.41) is 34.5. The van der Waals surface area contributed by atoms with E-state index in [2.05, 4.69) is 41.5 Å². The van der Waals surface area contributed by atoms with E-state index in [1.165, 1.54) is 0 Å². The molecule has 0 saturated heterocycles. The van der Waals surface area contributed by atoms with E-state index in [0.717, 1.165) is 66.5 Å². The molecular formula is C24H52O6Ti2. The van der Waals surface area contributed by atoms with Crippen LogP contribution in [0.5, 0.6) is 0 Å². The van der Waals surface area contributed by atoms with E-state index in [9.17, 15) is 0 Å². The second-order valence-electron chi connectivity index (χ2n) is 9.38. The molecule has 0 spiro atoms. The van der Waals surface area contributed by atoms with E-state index in [-0.39, 0.29) is 48.1 Å². The summed E-state index contributed by atoms with van der Waals surface area (Å²) in [6.45, 7) is 31.1. The summed E-state index contributed by atoms with van der Waals surface area (Å²) < 4.78 is 16.5. The van der Waals surface area contributed by atoms with Crippen LogP contribution in [0.4, 0.5) is 0 Å². The molecule has 0 fully saturated rings. The Bertz CT molecular complexity index is 301. The number of aliphatic hydroxyl groups excluding tert-OH is 4. The van der Waals surface area contributed by atoms with Gasteiger partial charge in [0.1, 0.15) is 0 Å². The Labute approximate surface area is 223 Å². The minimum atomic E-state index is -0.306. The fraction of sp³-hybridized carbons (Fsp3) is 0.833. The van der Waals surface area contributed by atoms with Crippen LogP contribution in [0.2, 0.25) is 0 Å². The van der Waals surface area contributed by atoms with E-state index < -0.39 is 0 Å². The Kier molecular flexibility index (Phi) is 40.6. The molecule has 0 heterocycles. The quantitative estimate of drug-likeness (QED) is 0.267. The topological polar surface area (TPSA) is 115 Å². The molecular weight excluding hydrogens is 480 g/mol. The molecule has 0 aliphatic heterocycles. The second-order valence-corrected chi connectivity index (χ2v) is 9.38. The van der Waals surface area contributed by atoms with E-state index in [1.807, 2.05) is 27.7 Å². The van der Waals surface area contributed by atoms with Gasteiger partial charge in [-0.1, -0.05) is 41.5 Å². The Balaban J connectivity index is -0.0000000678. The van der Waals surface area contributed by atoms with Crippen molar-refractivity contribution >= 4 is 0 Å². The van der Waals surface area contributed by atoms with Gasteiger partial charge in [-0.15, -0.1) is 26.7 Å². The fourth-order valence-electron chi connectivity index (χ4n) is 1.05. The molecule has 0 bridgehead atoms. The van der Waals surface area contributed by atoms with Crippen molar-refractivity contribution in [1.29, 1.82) is 0 Å². The van der Waals surface area contributed by atoms with Crippen molar-refractivity contribution in [2.45, 2.75) is 81.1 Å². The fourth-order valence-corrected chi connectivity index (χ4v) is 1.05. The van der Waals surface area contributed by atoms with Gasteiger partial charge < -0.3 is 48.1 Å². The summed E-state index contributed by atoms with van der Waals surface area (Å²) in [5.41, 5.74) is -0.444. The van der Waals surface area contributed by atoms with Gasteiger partial charge in [-0.2, -0.15) is 0 Å². The van der Waals surface area contributed by atoms with Crippen LogP contribution in [0.3, 0.4) is 0 Å². The van der Waals surface area contributed by atoms with Crippen LogP contribution in [-0.2, 0) is 47.5 Å². The van der Waals surface area contributed by atoms with Crippen molar-refractivity contribution in [3.63, 3.8) is 0 Å². The first-order chi connectivity index (χ1) is 14.5. The van der Waals surface area contributed by atoms with Gasteiger partial charge in [0.25, 0.3) is 0 Å². The molecule has 0 aromatic heterocycles. The van der Waals surface area contributed by atoms with Gasteiger partial charge in [-0.25, -0.2) is 0 Å². The van der Waals surface area contributed by atoms with Gasteiger partial charge in [-0.3, -0.25) is 10.8 Å². The number of hydrogen-bond donors (Lipinski definition) is 4. The number of hydrogen-bond acceptors (Lipinski definition) is 6. The van der Waals surface area contributed by atoms with Gasteiger partial charge in [-0.05, 0) is 12.8 Å². The van der Waals surface area contributed by atoms with Gasteiger partial charge in [0.05, 0.1) is 26.4 Å². The molecule has 0 amide bonds. The Hall–Kier alpha value is 0.869. The zero-order chi connectivity index (χ0) is 27.7. The molecule has 0 aliphatic carbocycles. The average Bonchev–Trinajstić information content (AvgIpc) is 2.78. The molecule has 0 unspecified atom stereocenters. The molecule has 0 aromatic rings. The standard InChI is InChI=1S/C7H16O2.C7H14.C5H12O2.C5H10.2O.2Ti/c1-3-7(4-2,5-8)6-9;1-5-7(3,4)6-2;1-5(2,3-6)4-7;1-5(2,3)4;;;;/h8-9H,3-6H2,1-2H3;3-6H2,1-2H3;6-7H,3-4H2,1-2H3;1-2H2,3-4H3;;;;/q;-2;;-2;;;2*+2. The summed E-state index contributed by atoms with van der Waals surface area (Å²) in [6, 6.07) is 0. The summed E-state index contributed by atoms with van der Waals surface area (Å²) in [4.78, 5) is 0. The minimum absolute atomic E-state index is 0. The number of aliphatic hydroxyl groups is 4. The first-order valence-corrected chi connectivity index (χ1v) is 12.0. The Morgan fingerprint density at radius 1 is 0.562 bits per heavy atom. The van der Waals surface area contributed by atoms with Crippen molar-refractivity contribution in [2.24, 2.45) is 21.7 Å². The zero-order valence-electron chi connectivity index (χ0n) is 22.1. The van der Waals surface area contributed by atoms with E-state index in [1.54, 1.807) is 13.8 Å². The van der Waals surface area contributed by atoms with Gasteiger partial charge in [0.15, 0.2) is 0 Å². The van der Waals surface area contributed by atoms with Crippen LogP contribution >= 0.6 is 0 Å². The van der Waals surface area contributed by atoms with Gasteiger partial charge >= 0.3 is 47.5 Å². The van der Waals surface area contributed by atoms with Crippen LogP contribution in [0.15, 0.2) is 0 Å². The Morgan fingerprint density at radius 2 is 0.781 bits per heavy atom. The van der Waals surface area contributed by atoms with E-state index in [0.29, 0.717) is 0 Å². The zero-order valence-corrected chi connectivity index (χ0v) is 25.2. The molecule has 0 rings (SSSR count). The summed E-state index contributed by atoms with van der Waals surface area (Å²) in [7, 11) is 0. The molecule has 192 valence electrons. The third-order valence-electron chi connectivity index (χ3n) is 4.53. The first kappa shape index (κ1) is 46.2. The maximum absolute atomic E-state index is 8.82. The monoisotopic (exact) mass is 532 g/mol. The molecule has 0 aliphatic rings. The molecule has 0 saturated carbocycles. The molecule has 6 nitrogen and oxygen atoms in total. The normalized spacial score (nSPS) is 10.9. The second kappa shape index (κ2) is 28.1. The van der Waals surface area contributed by atoms with Crippen molar-refractivity contribution in [3.05, 3.63) is 27.7 Å². The summed E-state index contributed by atoms with van der Waals surface area (Å²) >= 11 is 1.50. The predicted octanol–water partition coefficient (Wildman–Crippen LogP) is 4.67. The van der Waals surface area contributed by atoms with E-state index in [4.69, 9.17) is 27.1 Å². The van der Waals surface area contributed by atoms with Crippen LogP contribution in [0.25, 0.3) is 0 Å². The average molecular weight is 532 g/mol. The van der Waals surface area contributed by atoms with E-state index >= 15 is 0 Å². The van der Waals surface area contributed by atoms with Gasteiger partial charge in [0, 0.05) is 10.8 Å². The molecule has 4 N–H and O–H groups in total. The maximum atomic E-state index is 8.82. The molecule has 32 heavy (non-hydrogen) atoms. The molecule has 0 radical (unpaired) electrons. The van der Waals surface area contributed by atoms with Crippen molar-refractivity contribution < 1.29 is 67.9 Å². The van der Waals surface area contributed by atoms with Crippen molar-refractivity contribution in [3.8, 4) is 0 Å². The summed E-state index contributed by atoms with van der Waals surface area (Å²) in [6.07, 6.45) is 3.83. The van der Waals surface area contributed by atoms with Crippen molar-refractivity contribution in [1.82, 2.24) is 0 Å². The third-order valence-corrected chi connectivity index (χ3v) is 4.53. The number of rotatable bonds is 8. The first-order valence-electron chi connectivity index (χ1n) is 10.7. The molecule has 8 heteroatoms. The van der Waals surface area contributed by atoms with Crippen LogP contribution in [0, 0.1) is 49.4 Å². The van der Waals surface area contributed by atoms with Crippen LogP contribution in [-0.4, -0.2) is 46.9 Å². The molecule has 0 atom stereocenters. The summed E-state index contributed by atoms with van der Waals surface area (Å²) in [5.74, 6) is 0. The van der Waals surface area contributed by atoms with Crippen LogP contribution < -0.4 is 0 Å². The van der Waals surface area contributed by atoms with Gasteiger partial charge in [0.2, 0.25) is 0 Å². The van der Waals surface area contributed by atoms with Crippen LogP contribution in [0.1, 0.15) is 81.1 Å². The Morgan fingerprint density at radius 3 is 0.781 bits per heavy atom. The molecule has 0 aromatic carbocycles. The third kappa shape index (κ3) is 44.5. The predicted molar refractivity (Wildman–Crippen MR) is 125 cm³/mol. The van der Waals surface area contributed by atoms with Crippen molar-refractivity contribution in [2.75, 3.05) is 26.4 Å².